The van der Waals surface area contributed by atoms with Gasteiger partial charge in [0.2, 0.25) is 5.91 Å². The van der Waals surface area contributed by atoms with E-state index in [1.54, 1.807) is 13.0 Å². The third-order valence-corrected chi connectivity index (χ3v) is 3.51. The summed E-state index contributed by atoms with van der Waals surface area (Å²) in [7, 11) is 0. The van der Waals surface area contributed by atoms with Crippen molar-refractivity contribution in [2.24, 2.45) is 5.92 Å². The summed E-state index contributed by atoms with van der Waals surface area (Å²) in [6, 6.07) is 5.07. The average Bonchev–Trinajstić information content (AvgIpc) is 2.91. The first-order valence-corrected chi connectivity index (χ1v) is 7.42. The van der Waals surface area contributed by atoms with E-state index >= 15 is 0 Å². The fourth-order valence-corrected chi connectivity index (χ4v) is 2.24. The van der Waals surface area contributed by atoms with Crippen molar-refractivity contribution in [2.75, 3.05) is 18.4 Å². The molecule has 1 heterocycles. The maximum atomic E-state index is 12.2. The van der Waals surface area contributed by atoms with Gasteiger partial charge in [0.05, 0.1) is 0 Å². The molecule has 2 amide bonds. The number of benzene rings is 1. The van der Waals surface area contributed by atoms with Crippen molar-refractivity contribution in [2.45, 2.75) is 33.2 Å². The molecule has 1 aliphatic heterocycles. The molecule has 0 saturated carbocycles. The lowest BCUT2D eigenvalue weighted by Crippen LogP contribution is -2.45. The Morgan fingerprint density at radius 2 is 2.05 bits per heavy atom. The van der Waals surface area contributed by atoms with Crippen molar-refractivity contribution >= 4 is 17.5 Å². The van der Waals surface area contributed by atoms with Gasteiger partial charge in [-0.3, -0.25) is 9.59 Å². The van der Waals surface area contributed by atoms with Crippen LogP contribution in [-0.2, 0) is 11.2 Å². The van der Waals surface area contributed by atoms with Crippen LogP contribution >= 0.6 is 0 Å². The van der Waals surface area contributed by atoms with Crippen LogP contribution in [0.3, 0.4) is 0 Å². The number of carbonyl (C=O) groups excluding carboxylic acids is 2. The topological polar surface area (TPSA) is 70.2 Å². The molecule has 1 unspecified atom stereocenters. The van der Waals surface area contributed by atoms with E-state index in [0.29, 0.717) is 18.0 Å². The average molecular weight is 289 g/mol. The molecule has 0 aromatic heterocycles. The zero-order valence-corrected chi connectivity index (χ0v) is 12.8. The molecule has 0 radical (unpaired) electrons. The van der Waals surface area contributed by atoms with Crippen LogP contribution in [0.2, 0.25) is 0 Å². The Morgan fingerprint density at radius 1 is 1.29 bits per heavy atom. The third-order valence-electron chi connectivity index (χ3n) is 3.51. The van der Waals surface area contributed by atoms with Crippen LogP contribution in [0.4, 0.5) is 5.69 Å². The Labute approximate surface area is 125 Å². The molecule has 3 N–H and O–H groups in total. The Kier molecular flexibility index (Phi) is 4.83. The molecule has 5 nitrogen and oxygen atoms in total. The van der Waals surface area contributed by atoms with E-state index in [1.807, 2.05) is 26.0 Å². The molecule has 1 aliphatic rings. The van der Waals surface area contributed by atoms with E-state index in [-0.39, 0.29) is 11.8 Å². The van der Waals surface area contributed by atoms with Crippen LogP contribution in [-0.4, -0.2) is 30.9 Å². The van der Waals surface area contributed by atoms with Gasteiger partial charge < -0.3 is 16.0 Å². The summed E-state index contributed by atoms with van der Waals surface area (Å²) in [5.74, 6) is 0.00895. The maximum Gasteiger partial charge on any atom is 0.251 e. The van der Waals surface area contributed by atoms with Crippen LogP contribution < -0.4 is 16.0 Å². The van der Waals surface area contributed by atoms with Crippen LogP contribution in [0.25, 0.3) is 0 Å². The SMILES string of the molecule is CC(C)CNC(=O)C(C)NC(=O)c1ccc2c(c1)NCC2. The first-order chi connectivity index (χ1) is 9.97. The third kappa shape index (κ3) is 3.97. The van der Waals surface area contributed by atoms with Gasteiger partial charge in [0, 0.05) is 24.3 Å². The first-order valence-electron chi connectivity index (χ1n) is 7.42. The minimum absolute atomic E-state index is 0.156. The molecular formula is C16H23N3O2. The van der Waals surface area contributed by atoms with Gasteiger partial charge in [-0.15, -0.1) is 0 Å². The Morgan fingerprint density at radius 3 is 2.76 bits per heavy atom. The highest BCUT2D eigenvalue weighted by Gasteiger charge is 2.18. The van der Waals surface area contributed by atoms with Crippen LogP contribution in [0.1, 0.15) is 36.7 Å². The number of amides is 2. The second kappa shape index (κ2) is 6.61. The smallest absolute Gasteiger partial charge is 0.251 e. The number of hydrogen-bond acceptors (Lipinski definition) is 3. The number of hydrogen-bond donors (Lipinski definition) is 3. The van der Waals surface area contributed by atoms with Gasteiger partial charge in [0.25, 0.3) is 5.91 Å². The number of carbonyl (C=O) groups is 2. The Bertz CT molecular complexity index is 540. The fourth-order valence-electron chi connectivity index (χ4n) is 2.24. The van der Waals surface area contributed by atoms with Crippen molar-refractivity contribution in [1.82, 2.24) is 10.6 Å². The molecule has 0 spiro atoms. The molecule has 1 atom stereocenters. The zero-order valence-electron chi connectivity index (χ0n) is 12.8. The first kappa shape index (κ1) is 15.4. The Balaban J connectivity index is 1.93. The van der Waals surface area contributed by atoms with Crippen molar-refractivity contribution in [1.29, 1.82) is 0 Å². The monoisotopic (exact) mass is 289 g/mol. The second-order valence-electron chi connectivity index (χ2n) is 5.88. The zero-order chi connectivity index (χ0) is 15.4. The molecule has 5 heteroatoms. The highest BCUT2D eigenvalue weighted by Crippen LogP contribution is 2.23. The van der Waals surface area contributed by atoms with Gasteiger partial charge in [-0.2, -0.15) is 0 Å². The number of fused-ring (bicyclic) bond motifs is 1. The summed E-state index contributed by atoms with van der Waals surface area (Å²) in [5, 5.41) is 8.79. The lowest BCUT2D eigenvalue weighted by Gasteiger charge is -2.15. The van der Waals surface area contributed by atoms with Crippen LogP contribution in [0.5, 0.6) is 0 Å². The summed E-state index contributed by atoms with van der Waals surface area (Å²) >= 11 is 0. The predicted molar refractivity (Wildman–Crippen MR) is 83.4 cm³/mol. The molecule has 0 saturated heterocycles. The normalized spacial score (nSPS) is 14.3. The number of nitrogens with one attached hydrogen (secondary N) is 3. The molecule has 0 bridgehead atoms. The van der Waals surface area contributed by atoms with Crippen LogP contribution in [0.15, 0.2) is 18.2 Å². The molecule has 21 heavy (non-hydrogen) atoms. The van der Waals surface area contributed by atoms with E-state index in [1.165, 1.54) is 5.56 Å². The summed E-state index contributed by atoms with van der Waals surface area (Å²) in [5.41, 5.74) is 2.82. The predicted octanol–water partition coefficient (Wildman–Crippen LogP) is 1.55. The lowest BCUT2D eigenvalue weighted by atomic mass is 10.1. The maximum absolute atomic E-state index is 12.2. The molecule has 0 fully saturated rings. The summed E-state index contributed by atoms with van der Waals surface area (Å²) in [6.07, 6.45) is 0.991. The van der Waals surface area contributed by atoms with E-state index < -0.39 is 6.04 Å². The van der Waals surface area contributed by atoms with Gasteiger partial charge in [0.15, 0.2) is 0 Å². The van der Waals surface area contributed by atoms with E-state index in [9.17, 15) is 9.59 Å². The van der Waals surface area contributed by atoms with Gasteiger partial charge in [0.1, 0.15) is 6.04 Å². The quantitative estimate of drug-likeness (QED) is 0.770. The summed E-state index contributed by atoms with van der Waals surface area (Å²) in [4.78, 5) is 24.0. The van der Waals surface area contributed by atoms with E-state index in [2.05, 4.69) is 16.0 Å². The van der Waals surface area contributed by atoms with Gasteiger partial charge in [-0.1, -0.05) is 19.9 Å². The minimum atomic E-state index is -0.544. The van der Waals surface area contributed by atoms with Gasteiger partial charge in [-0.05, 0) is 37.0 Å². The largest absolute Gasteiger partial charge is 0.384 e. The molecule has 114 valence electrons. The van der Waals surface area contributed by atoms with Crippen LogP contribution in [0, 0.1) is 5.92 Å². The molecule has 0 aliphatic carbocycles. The van der Waals surface area contributed by atoms with E-state index in [4.69, 9.17) is 0 Å². The number of anilines is 1. The van der Waals surface area contributed by atoms with E-state index in [0.717, 1.165) is 18.7 Å². The second-order valence-corrected chi connectivity index (χ2v) is 5.88. The lowest BCUT2D eigenvalue weighted by molar-refractivity contribution is -0.122. The number of rotatable bonds is 5. The molecule has 1 aromatic rings. The Hall–Kier alpha value is -2.04. The minimum Gasteiger partial charge on any atom is -0.384 e. The standard InChI is InChI=1S/C16H23N3O2/c1-10(2)9-18-15(20)11(3)19-16(21)13-5-4-12-6-7-17-14(12)8-13/h4-5,8,10-11,17H,6-7,9H2,1-3H3,(H,18,20)(H,19,21). The van der Waals surface area contributed by atoms with Crippen molar-refractivity contribution in [3.63, 3.8) is 0 Å². The van der Waals surface area contributed by atoms with Gasteiger partial charge in [-0.25, -0.2) is 0 Å². The highest BCUT2D eigenvalue weighted by atomic mass is 16.2. The molecular weight excluding hydrogens is 266 g/mol. The van der Waals surface area contributed by atoms with Crippen molar-refractivity contribution in [3.05, 3.63) is 29.3 Å². The fraction of sp³-hybridized carbons (Fsp3) is 0.500. The highest BCUT2D eigenvalue weighted by molar-refractivity contribution is 5.98. The molecule has 2 rings (SSSR count). The van der Waals surface area contributed by atoms with Crippen molar-refractivity contribution in [3.8, 4) is 0 Å². The molecule has 1 aromatic carbocycles. The summed E-state index contributed by atoms with van der Waals surface area (Å²) < 4.78 is 0. The summed E-state index contributed by atoms with van der Waals surface area (Å²) in [6.45, 7) is 7.28. The van der Waals surface area contributed by atoms with Crippen molar-refractivity contribution < 1.29 is 9.59 Å². The van der Waals surface area contributed by atoms with Gasteiger partial charge >= 0.3 is 0 Å².